The summed E-state index contributed by atoms with van der Waals surface area (Å²) >= 11 is 0. The number of hydrogen-bond acceptors (Lipinski definition) is 3. The van der Waals surface area contributed by atoms with Crippen LogP contribution in [0.2, 0.25) is 0 Å². The molecule has 1 aromatic carbocycles. The van der Waals surface area contributed by atoms with Crippen LogP contribution in [0, 0.1) is 0 Å². The van der Waals surface area contributed by atoms with E-state index in [1.165, 1.54) is 16.8 Å². The van der Waals surface area contributed by atoms with Crippen LogP contribution in [0.15, 0.2) is 48.8 Å². The van der Waals surface area contributed by atoms with E-state index in [1.807, 2.05) is 21.0 Å². The molecule has 0 saturated carbocycles. The Balaban J connectivity index is 1.65. The summed E-state index contributed by atoms with van der Waals surface area (Å²) in [6, 6.07) is 12.8. The number of nitrogens with zero attached hydrogens (tertiary/aromatic N) is 2. The van der Waals surface area contributed by atoms with E-state index in [-0.39, 0.29) is 5.91 Å². The molecule has 0 fully saturated rings. The molecule has 0 atom stereocenters. The fourth-order valence-corrected chi connectivity index (χ4v) is 3.06. The van der Waals surface area contributed by atoms with Gasteiger partial charge >= 0.3 is 0 Å². The highest BCUT2D eigenvalue weighted by molar-refractivity contribution is 5.75. The number of anilines is 1. The zero-order chi connectivity index (χ0) is 21.6. The third-order valence-corrected chi connectivity index (χ3v) is 4.89. The van der Waals surface area contributed by atoms with Crippen molar-refractivity contribution in [1.29, 1.82) is 0 Å². The van der Waals surface area contributed by atoms with Crippen LogP contribution >= 0.6 is 0 Å². The average Bonchev–Trinajstić information content (AvgIpc) is 2.76. The molecular formula is C25H36N3O2+. The van der Waals surface area contributed by atoms with Crippen molar-refractivity contribution < 1.29 is 14.1 Å². The number of aryl methyl sites for hydroxylation is 1. The zero-order valence-corrected chi connectivity index (χ0v) is 18.6. The number of pyridine rings is 1. The third kappa shape index (κ3) is 9.23. The highest BCUT2D eigenvalue weighted by Crippen LogP contribution is 2.14. The number of unbranched alkanes of at least 4 members (excludes halogenated alkanes) is 2. The first kappa shape index (κ1) is 23.6. The first-order valence-electron chi connectivity index (χ1n) is 10.9. The molecule has 0 spiro atoms. The zero-order valence-electron chi connectivity index (χ0n) is 18.6. The number of carbonyl (C=O) groups excluding carboxylic acids is 1. The lowest BCUT2D eigenvalue weighted by molar-refractivity contribution is -0.697. The molecule has 30 heavy (non-hydrogen) atoms. The minimum Gasteiger partial charge on any atom is -0.380 e. The average molecular weight is 411 g/mol. The summed E-state index contributed by atoms with van der Waals surface area (Å²) in [5, 5.41) is 2.89. The van der Waals surface area contributed by atoms with Gasteiger partial charge in [-0.25, -0.2) is 4.57 Å². The first-order valence-corrected chi connectivity index (χ1v) is 10.9. The molecule has 0 saturated heterocycles. The van der Waals surface area contributed by atoms with Crippen molar-refractivity contribution in [3.63, 3.8) is 0 Å². The smallest absolute Gasteiger partial charge is 0.220 e. The van der Waals surface area contributed by atoms with Gasteiger partial charge in [0, 0.05) is 57.9 Å². The second-order valence-electron chi connectivity index (χ2n) is 7.55. The molecule has 162 valence electrons. The fourth-order valence-electron chi connectivity index (χ4n) is 3.06. The van der Waals surface area contributed by atoms with Crippen molar-refractivity contribution in [3.05, 3.63) is 59.9 Å². The van der Waals surface area contributed by atoms with E-state index < -0.39 is 0 Å². The summed E-state index contributed by atoms with van der Waals surface area (Å²) in [4.78, 5) is 13.8. The molecule has 1 amide bonds. The molecule has 2 aromatic rings. The van der Waals surface area contributed by atoms with E-state index >= 15 is 0 Å². The summed E-state index contributed by atoms with van der Waals surface area (Å²) in [6.07, 6.45) is 12.2. The van der Waals surface area contributed by atoms with Gasteiger partial charge in [-0.2, -0.15) is 0 Å². The quantitative estimate of drug-likeness (QED) is 0.402. The molecule has 0 bridgehead atoms. The van der Waals surface area contributed by atoms with Crippen LogP contribution < -0.4 is 14.8 Å². The molecule has 5 heteroatoms. The highest BCUT2D eigenvalue weighted by atomic mass is 16.5. The summed E-state index contributed by atoms with van der Waals surface area (Å²) in [7, 11) is 4.10. The van der Waals surface area contributed by atoms with Gasteiger partial charge in [0.25, 0.3) is 0 Å². The fraction of sp³-hybridized carbons (Fsp3) is 0.440. The maximum atomic E-state index is 11.7. The van der Waals surface area contributed by atoms with Gasteiger partial charge in [-0.15, -0.1) is 0 Å². The Hall–Kier alpha value is -2.66. The number of amides is 1. The number of nitrogens with one attached hydrogen (secondary N) is 1. The third-order valence-electron chi connectivity index (χ3n) is 4.89. The standard InChI is InChI=1S/C25H35N3O2/c1-4-30-21-17-26-25(29)8-6-5-7-18-28-19-15-23(16-20-28)10-9-22-11-13-24(14-12-22)27(2)3/h9-16,19-20H,4-8,17-18,21H2,1-3H3/p+1. The van der Waals surface area contributed by atoms with Crippen molar-refractivity contribution in [2.24, 2.45) is 0 Å². The van der Waals surface area contributed by atoms with Crippen molar-refractivity contribution in [2.45, 2.75) is 39.2 Å². The Morgan fingerprint density at radius 1 is 1.00 bits per heavy atom. The van der Waals surface area contributed by atoms with Crippen LogP contribution in [-0.2, 0) is 16.1 Å². The van der Waals surface area contributed by atoms with Crippen LogP contribution in [0.1, 0.15) is 43.7 Å². The van der Waals surface area contributed by atoms with E-state index in [0.717, 1.165) is 25.8 Å². The minimum atomic E-state index is 0.120. The predicted octanol–water partition coefficient (Wildman–Crippen LogP) is 3.92. The topological polar surface area (TPSA) is 45.5 Å². The van der Waals surface area contributed by atoms with Gasteiger partial charge < -0.3 is 15.0 Å². The summed E-state index contributed by atoms with van der Waals surface area (Å²) < 4.78 is 7.41. The summed E-state index contributed by atoms with van der Waals surface area (Å²) in [5.74, 6) is 0.120. The van der Waals surface area contributed by atoms with E-state index in [9.17, 15) is 4.79 Å². The largest absolute Gasteiger partial charge is 0.380 e. The SMILES string of the molecule is CCOCCNC(=O)CCCCC[n+]1ccc(C=Cc2ccc(N(C)C)cc2)cc1. The molecule has 1 aromatic heterocycles. The van der Waals surface area contributed by atoms with Gasteiger partial charge in [-0.1, -0.05) is 24.3 Å². The molecule has 0 radical (unpaired) electrons. The minimum absolute atomic E-state index is 0.120. The van der Waals surface area contributed by atoms with Gasteiger partial charge in [0.2, 0.25) is 5.91 Å². The van der Waals surface area contributed by atoms with Gasteiger partial charge in [-0.05, 0) is 43.0 Å². The second-order valence-corrected chi connectivity index (χ2v) is 7.55. The van der Waals surface area contributed by atoms with Crippen LogP contribution in [0.5, 0.6) is 0 Å². The Morgan fingerprint density at radius 3 is 2.30 bits per heavy atom. The maximum absolute atomic E-state index is 11.7. The van der Waals surface area contributed by atoms with Crippen LogP contribution in [-0.4, -0.2) is 39.8 Å². The maximum Gasteiger partial charge on any atom is 0.220 e. The summed E-state index contributed by atoms with van der Waals surface area (Å²) in [6.45, 7) is 4.81. The Kier molecular flexibility index (Phi) is 10.7. The molecule has 0 unspecified atom stereocenters. The van der Waals surface area contributed by atoms with E-state index in [1.54, 1.807) is 0 Å². The Bertz CT molecular complexity index is 768. The van der Waals surface area contributed by atoms with Crippen molar-refractivity contribution in [3.8, 4) is 0 Å². The number of carbonyl (C=O) groups is 1. The van der Waals surface area contributed by atoms with E-state index in [2.05, 4.69) is 75.7 Å². The second kappa shape index (κ2) is 13.5. The lowest BCUT2D eigenvalue weighted by Gasteiger charge is -2.11. The summed E-state index contributed by atoms with van der Waals surface area (Å²) in [5.41, 5.74) is 3.58. The van der Waals surface area contributed by atoms with Crippen molar-refractivity contribution >= 4 is 23.7 Å². The Labute approximate surface area is 181 Å². The molecule has 2 rings (SSSR count). The molecular weight excluding hydrogens is 374 g/mol. The Morgan fingerprint density at radius 2 is 1.67 bits per heavy atom. The molecule has 0 aliphatic heterocycles. The number of rotatable bonds is 13. The lowest BCUT2D eigenvalue weighted by Crippen LogP contribution is -2.32. The van der Waals surface area contributed by atoms with Crippen LogP contribution in [0.3, 0.4) is 0 Å². The van der Waals surface area contributed by atoms with Gasteiger partial charge in [0.05, 0.1) is 6.61 Å². The normalized spacial score (nSPS) is 11.0. The first-order chi connectivity index (χ1) is 14.6. The van der Waals surface area contributed by atoms with Gasteiger partial charge in [0.15, 0.2) is 12.4 Å². The van der Waals surface area contributed by atoms with Crippen LogP contribution in [0.25, 0.3) is 12.2 Å². The highest BCUT2D eigenvalue weighted by Gasteiger charge is 2.03. The van der Waals surface area contributed by atoms with Crippen molar-refractivity contribution in [1.82, 2.24) is 5.32 Å². The van der Waals surface area contributed by atoms with Crippen LogP contribution in [0.4, 0.5) is 5.69 Å². The number of benzene rings is 1. The van der Waals surface area contributed by atoms with Crippen molar-refractivity contribution in [2.75, 3.05) is 38.8 Å². The van der Waals surface area contributed by atoms with Gasteiger partial charge in [-0.3, -0.25) is 4.79 Å². The molecule has 1 N–H and O–H groups in total. The molecule has 0 aliphatic carbocycles. The number of hydrogen-bond donors (Lipinski definition) is 1. The lowest BCUT2D eigenvalue weighted by atomic mass is 10.1. The molecule has 5 nitrogen and oxygen atoms in total. The predicted molar refractivity (Wildman–Crippen MR) is 124 cm³/mol. The number of aromatic nitrogens is 1. The van der Waals surface area contributed by atoms with Gasteiger partial charge in [0.1, 0.15) is 6.54 Å². The molecule has 1 heterocycles. The number of ether oxygens (including phenoxy) is 1. The molecule has 0 aliphatic rings. The monoisotopic (exact) mass is 410 g/mol. The van der Waals surface area contributed by atoms with E-state index in [0.29, 0.717) is 26.2 Å². The van der Waals surface area contributed by atoms with E-state index in [4.69, 9.17) is 4.74 Å².